The predicted octanol–water partition coefficient (Wildman–Crippen LogP) is 5.29. The average molecular weight is 397 g/mol. The molecule has 1 atom stereocenters. The van der Waals surface area contributed by atoms with Crippen molar-refractivity contribution in [2.24, 2.45) is 0 Å². The van der Waals surface area contributed by atoms with Gasteiger partial charge in [0.15, 0.2) is 0 Å². The van der Waals surface area contributed by atoms with Gasteiger partial charge in [-0.15, -0.1) is 5.10 Å². The Morgan fingerprint density at radius 3 is 2.78 bits per heavy atom. The lowest BCUT2D eigenvalue weighted by atomic mass is 9.96. The van der Waals surface area contributed by atoms with Crippen LogP contribution in [0.4, 0.5) is 19.2 Å². The molecule has 1 aliphatic heterocycles. The number of nitrogens with zero attached hydrogens (tertiary/aromatic N) is 3. The van der Waals surface area contributed by atoms with Crippen LogP contribution in [0, 0.1) is 0 Å². The predicted molar refractivity (Wildman–Crippen MR) is 95.8 cm³/mol. The number of hydrogen-bond acceptors (Lipinski definition) is 4. The summed E-state index contributed by atoms with van der Waals surface area (Å²) < 4.78 is 43.5. The quantitative estimate of drug-likeness (QED) is 0.598. The molecular weight excluding hydrogens is 381 g/mol. The molecule has 0 amide bonds. The van der Waals surface area contributed by atoms with Gasteiger partial charge in [0, 0.05) is 28.2 Å². The monoisotopic (exact) mass is 396 g/mol. The third-order valence-electron chi connectivity index (χ3n) is 4.53. The van der Waals surface area contributed by atoms with Crippen LogP contribution in [0.1, 0.15) is 37.0 Å². The highest BCUT2D eigenvalue weighted by molar-refractivity contribution is 6.31. The van der Waals surface area contributed by atoms with Gasteiger partial charge in [0.05, 0.1) is 6.04 Å². The fourth-order valence-electron chi connectivity index (χ4n) is 3.44. The third kappa shape index (κ3) is 3.18. The van der Waals surface area contributed by atoms with Crippen molar-refractivity contribution in [1.29, 1.82) is 0 Å². The van der Waals surface area contributed by atoms with Crippen molar-refractivity contribution in [2.75, 3.05) is 11.4 Å². The van der Waals surface area contributed by atoms with Gasteiger partial charge in [0.1, 0.15) is 0 Å². The Labute approximate surface area is 157 Å². The molecule has 0 spiro atoms. The summed E-state index contributed by atoms with van der Waals surface area (Å²) in [4.78, 5) is 5.07. The molecule has 3 aromatic rings. The van der Waals surface area contributed by atoms with Crippen molar-refractivity contribution in [3.8, 4) is 0 Å². The second kappa shape index (κ2) is 6.30. The maximum absolute atomic E-state index is 12.8. The van der Waals surface area contributed by atoms with Crippen molar-refractivity contribution in [1.82, 2.24) is 15.2 Å². The number of aromatic amines is 1. The lowest BCUT2D eigenvalue weighted by Crippen LogP contribution is -2.35. The van der Waals surface area contributed by atoms with Gasteiger partial charge in [-0.05, 0) is 44.0 Å². The van der Waals surface area contributed by atoms with Crippen LogP contribution in [0.25, 0.3) is 10.9 Å². The van der Waals surface area contributed by atoms with E-state index >= 15 is 0 Å². The highest BCUT2D eigenvalue weighted by Gasteiger charge is 2.40. The van der Waals surface area contributed by atoms with Crippen LogP contribution >= 0.6 is 11.6 Å². The Morgan fingerprint density at radius 1 is 1.33 bits per heavy atom. The number of H-pyrrole nitrogens is 1. The van der Waals surface area contributed by atoms with Gasteiger partial charge in [0.25, 0.3) is 0 Å². The zero-order valence-electron chi connectivity index (χ0n) is 14.6. The van der Waals surface area contributed by atoms with Crippen molar-refractivity contribution in [3.05, 3.63) is 52.0 Å². The molecule has 0 bridgehead atoms. The largest absolute Gasteiger partial charge is 0.470 e. The molecule has 142 valence electrons. The molecule has 9 heteroatoms. The van der Waals surface area contributed by atoms with Gasteiger partial charge in [-0.1, -0.05) is 28.3 Å². The first-order chi connectivity index (χ1) is 12.7. The van der Waals surface area contributed by atoms with Crippen LogP contribution in [0.2, 0.25) is 5.02 Å². The van der Waals surface area contributed by atoms with Gasteiger partial charge in [-0.2, -0.15) is 13.2 Å². The summed E-state index contributed by atoms with van der Waals surface area (Å²) in [7, 11) is 0. The molecule has 0 unspecified atom stereocenters. The van der Waals surface area contributed by atoms with E-state index in [0.29, 0.717) is 18.0 Å². The number of fused-ring (bicyclic) bond motifs is 3. The Bertz CT molecular complexity index is 1030. The van der Waals surface area contributed by atoms with Crippen LogP contribution in [0.3, 0.4) is 0 Å². The molecule has 2 aromatic heterocycles. The molecular formula is C18H16ClF3N4O. The number of anilines is 1. The van der Waals surface area contributed by atoms with Gasteiger partial charge in [-0.3, -0.25) is 0 Å². The maximum atomic E-state index is 12.8. The molecule has 1 aliphatic rings. The van der Waals surface area contributed by atoms with E-state index < -0.39 is 12.1 Å². The van der Waals surface area contributed by atoms with Crippen molar-refractivity contribution in [2.45, 2.75) is 32.5 Å². The van der Waals surface area contributed by atoms with E-state index in [1.807, 2.05) is 32.1 Å². The Hall–Kier alpha value is -2.48. The summed E-state index contributed by atoms with van der Waals surface area (Å²) in [5, 5.41) is 8.44. The molecule has 0 saturated heterocycles. The van der Waals surface area contributed by atoms with E-state index in [-0.39, 0.29) is 12.1 Å². The lowest BCUT2D eigenvalue weighted by Gasteiger charge is -2.33. The minimum atomic E-state index is -4.67. The molecule has 27 heavy (non-hydrogen) atoms. The van der Waals surface area contributed by atoms with Gasteiger partial charge >= 0.3 is 18.1 Å². The van der Waals surface area contributed by atoms with Gasteiger partial charge in [0.2, 0.25) is 0 Å². The summed E-state index contributed by atoms with van der Waals surface area (Å²) in [5.74, 6) is -1.34. The number of benzene rings is 1. The van der Waals surface area contributed by atoms with Gasteiger partial charge < -0.3 is 14.3 Å². The second-order valence-electron chi connectivity index (χ2n) is 6.73. The van der Waals surface area contributed by atoms with E-state index in [1.165, 1.54) is 0 Å². The molecule has 4 rings (SSSR count). The molecule has 0 fully saturated rings. The molecule has 3 heterocycles. The van der Waals surface area contributed by atoms with E-state index in [1.54, 1.807) is 11.0 Å². The Morgan fingerprint density at radius 2 is 2.11 bits per heavy atom. The van der Waals surface area contributed by atoms with Crippen molar-refractivity contribution in [3.63, 3.8) is 0 Å². The van der Waals surface area contributed by atoms with Gasteiger partial charge in [-0.25, -0.2) is 0 Å². The van der Waals surface area contributed by atoms with Crippen LogP contribution in [-0.2, 0) is 12.6 Å². The maximum Gasteiger partial charge on any atom is 0.470 e. The second-order valence-corrected chi connectivity index (χ2v) is 7.16. The fraction of sp³-hybridized carbons (Fsp3) is 0.333. The molecule has 1 aromatic carbocycles. The minimum absolute atomic E-state index is 0.146. The van der Waals surface area contributed by atoms with Crippen LogP contribution in [0.5, 0.6) is 0 Å². The first-order valence-electron chi connectivity index (χ1n) is 8.36. The molecule has 0 radical (unpaired) electrons. The number of hydrogen-bond donors (Lipinski definition) is 1. The fourth-order valence-corrected chi connectivity index (χ4v) is 3.61. The first-order valence-corrected chi connectivity index (χ1v) is 8.74. The van der Waals surface area contributed by atoms with E-state index in [4.69, 9.17) is 16.0 Å². The van der Waals surface area contributed by atoms with Crippen LogP contribution < -0.4 is 4.90 Å². The van der Waals surface area contributed by atoms with E-state index in [2.05, 4.69) is 15.2 Å². The topological polar surface area (TPSA) is 58.0 Å². The third-order valence-corrected chi connectivity index (χ3v) is 4.76. The zero-order chi connectivity index (χ0) is 19.3. The molecule has 0 aliphatic carbocycles. The number of nitrogens with one attached hydrogen (secondary N) is 1. The summed E-state index contributed by atoms with van der Waals surface area (Å²) in [6.07, 6.45) is -2.09. The molecule has 5 nitrogen and oxygen atoms in total. The Kier molecular flexibility index (Phi) is 4.18. The SMILES string of the molecule is CC(C)=C[C@H]1c2[nH]c3ccc(Cl)cc3c2CCN1c1nnc(C(F)(F)F)o1. The molecule has 0 saturated carbocycles. The highest BCUT2D eigenvalue weighted by Crippen LogP contribution is 2.39. The lowest BCUT2D eigenvalue weighted by molar-refractivity contribution is -0.157. The van der Waals surface area contributed by atoms with E-state index in [0.717, 1.165) is 27.7 Å². The molecule has 1 N–H and O–H groups in total. The van der Waals surface area contributed by atoms with Crippen molar-refractivity contribution >= 4 is 28.5 Å². The van der Waals surface area contributed by atoms with Crippen LogP contribution in [-0.4, -0.2) is 21.7 Å². The Balaban J connectivity index is 1.82. The number of rotatable bonds is 2. The van der Waals surface area contributed by atoms with E-state index in [9.17, 15) is 13.2 Å². The summed E-state index contributed by atoms with van der Waals surface area (Å²) in [6.45, 7) is 4.31. The zero-order valence-corrected chi connectivity index (χ0v) is 15.3. The first kappa shape index (κ1) is 17.9. The smallest absolute Gasteiger partial charge is 0.399 e. The number of alkyl halides is 3. The standard InChI is InChI=1S/C18H16ClF3N4O/c1-9(2)7-14-15-11(12-8-10(19)3-4-13(12)23-15)5-6-26(14)17-25-24-16(27-17)18(20,21)22/h3-4,7-8,14,23H,5-6H2,1-2H3/t14-/m0/s1. The van der Waals surface area contributed by atoms with Crippen molar-refractivity contribution < 1.29 is 17.6 Å². The normalized spacial score (nSPS) is 17.3. The summed E-state index contributed by atoms with van der Waals surface area (Å²) in [6, 6.07) is 5.11. The minimum Gasteiger partial charge on any atom is -0.399 e. The summed E-state index contributed by atoms with van der Waals surface area (Å²) >= 11 is 6.13. The number of aromatic nitrogens is 3. The highest BCUT2D eigenvalue weighted by atomic mass is 35.5. The summed E-state index contributed by atoms with van der Waals surface area (Å²) in [5.41, 5.74) is 3.94. The number of allylic oxidation sites excluding steroid dienone is 1. The van der Waals surface area contributed by atoms with Crippen LogP contribution in [0.15, 0.2) is 34.3 Å². The average Bonchev–Trinajstić information content (AvgIpc) is 3.19. The number of halogens is 4.